The van der Waals surface area contributed by atoms with Crippen LogP contribution >= 0.6 is 0 Å². The Balaban J connectivity index is 2.13. The fourth-order valence-corrected chi connectivity index (χ4v) is 2.65. The zero-order valence-corrected chi connectivity index (χ0v) is 12.7. The SMILES string of the molecule is CNS(=O)(=O)c1cccc(NC(=O)Cc2ccccc2F)c1. The summed E-state index contributed by atoms with van der Waals surface area (Å²) in [6.07, 6.45) is -0.129. The molecule has 2 aromatic rings. The second-order valence-electron chi connectivity index (χ2n) is 4.55. The summed E-state index contributed by atoms with van der Waals surface area (Å²) >= 11 is 0. The van der Waals surface area contributed by atoms with E-state index in [1.807, 2.05) is 0 Å². The quantitative estimate of drug-likeness (QED) is 0.883. The zero-order valence-electron chi connectivity index (χ0n) is 11.8. The van der Waals surface area contributed by atoms with Crippen molar-refractivity contribution in [2.75, 3.05) is 12.4 Å². The van der Waals surface area contributed by atoms with E-state index < -0.39 is 21.7 Å². The molecule has 0 unspecified atom stereocenters. The number of rotatable bonds is 5. The fourth-order valence-electron chi connectivity index (χ4n) is 1.88. The summed E-state index contributed by atoms with van der Waals surface area (Å²) in [5, 5.41) is 2.56. The highest BCUT2D eigenvalue weighted by atomic mass is 32.2. The molecule has 2 aromatic carbocycles. The average Bonchev–Trinajstić information content (AvgIpc) is 2.50. The molecule has 0 bridgehead atoms. The van der Waals surface area contributed by atoms with Crippen molar-refractivity contribution in [3.05, 3.63) is 59.9 Å². The van der Waals surface area contributed by atoms with Gasteiger partial charge >= 0.3 is 0 Å². The first-order valence-electron chi connectivity index (χ1n) is 6.49. The summed E-state index contributed by atoms with van der Waals surface area (Å²) < 4.78 is 39.1. The van der Waals surface area contributed by atoms with Gasteiger partial charge in [-0.3, -0.25) is 4.79 Å². The standard InChI is InChI=1S/C15H15FN2O3S/c1-17-22(20,21)13-7-4-6-12(10-13)18-15(19)9-11-5-2-3-8-14(11)16/h2-8,10,17H,9H2,1H3,(H,18,19). The number of carbonyl (C=O) groups is 1. The molecular weight excluding hydrogens is 307 g/mol. The van der Waals surface area contributed by atoms with Crippen molar-refractivity contribution in [2.45, 2.75) is 11.3 Å². The smallest absolute Gasteiger partial charge is 0.240 e. The Hall–Kier alpha value is -2.25. The number of hydrogen-bond donors (Lipinski definition) is 2. The third kappa shape index (κ3) is 3.90. The maximum Gasteiger partial charge on any atom is 0.240 e. The number of carbonyl (C=O) groups excluding carboxylic acids is 1. The largest absolute Gasteiger partial charge is 0.326 e. The lowest BCUT2D eigenvalue weighted by Crippen LogP contribution is -2.19. The maximum atomic E-state index is 13.5. The fraction of sp³-hybridized carbons (Fsp3) is 0.133. The van der Waals surface area contributed by atoms with Gasteiger partial charge in [0.1, 0.15) is 5.82 Å². The topological polar surface area (TPSA) is 75.3 Å². The van der Waals surface area contributed by atoms with E-state index in [1.54, 1.807) is 18.2 Å². The third-order valence-electron chi connectivity index (χ3n) is 3.01. The highest BCUT2D eigenvalue weighted by Gasteiger charge is 2.13. The highest BCUT2D eigenvalue weighted by molar-refractivity contribution is 7.89. The van der Waals surface area contributed by atoms with Gasteiger partial charge in [-0.2, -0.15) is 0 Å². The van der Waals surface area contributed by atoms with E-state index in [1.165, 1.54) is 37.4 Å². The average molecular weight is 322 g/mol. The second kappa shape index (κ2) is 6.67. The van der Waals surface area contributed by atoms with Gasteiger partial charge < -0.3 is 5.32 Å². The van der Waals surface area contributed by atoms with Crippen molar-refractivity contribution in [3.63, 3.8) is 0 Å². The number of benzene rings is 2. The predicted molar refractivity (Wildman–Crippen MR) is 81.4 cm³/mol. The number of nitrogens with one attached hydrogen (secondary N) is 2. The molecule has 0 fully saturated rings. The van der Waals surface area contributed by atoms with Gasteiger partial charge in [0.05, 0.1) is 11.3 Å². The van der Waals surface area contributed by atoms with Crippen LogP contribution in [0.2, 0.25) is 0 Å². The van der Waals surface area contributed by atoms with Crippen molar-refractivity contribution in [3.8, 4) is 0 Å². The predicted octanol–water partition coefficient (Wildman–Crippen LogP) is 1.91. The Labute approximate surface area is 128 Å². The van der Waals surface area contributed by atoms with Gasteiger partial charge in [-0.25, -0.2) is 17.5 Å². The molecule has 0 saturated carbocycles. The van der Waals surface area contributed by atoms with E-state index in [9.17, 15) is 17.6 Å². The minimum Gasteiger partial charge on any atom is -0.326 e. The van der Waals surface area contributed by atoms with Gasteiger partial charge in [0.25, 0.3) is 0 Å². The molecule has 0 saturated heterocycles. The Morgan fingerprint density at radius 2 is 1.86 bits per heavy atom. The molecule has 7 heteroatoms. The first-order valence-corrected chi connectivity index (χ1v) is 7.97. The number of amides is 1. The maximum absolute atomic E-state index is 13.5. The molecule has 2 N–H and O–H groups in total. The molecule has 0 aliphatic carbocycles. The van der Waals surface area contributed by atoms with Gasteiger partial charge in [0.2, 0.25) is 15.9 Å². The Morgan fingerprint density at radius 1 is 1.14 bits per heavy atom. The van der Waals surface area contributed by atoms with Crippen LogP contribution in [0.15, 0.2) is 53.4 Å². The molecule has 0 aromatic heterocycles. The number of halogens is 1. The molecule has 5 nitrogen and oxygen atoms in total. The Bertz CT molecular complexity index is 791. The Kier molecular flexibility index (Phi) is 4.89. The lowest BCUT2D eigenvalue weighted by molar-refractivity contribution is -0.115. The van der Waals surface area contributed by atoms with Crippen LogP contribution in [0.1, 0.15) is 5.56 Å². The number of hydrogen-bond acceptors (Lipinski definition) is 3. The van der Waals surface area contributed by atoms with Crippen molar-refractivity contribution >= 4 is 21.6 Å². The monoisotopic (exact) mass is 322 g/mol. The van der Waals surface area contributed by atoms with Gasteiger partial charge in [0, 0.05) is 5.69 Å². The highest BCUT2D eigenvalue weighted by Crippen LogP contribution is 2.16. The summed E-state index contributed by atoms with van der Waals surface area (Å²) in [4.78, 5) is 12.0. The molecule has 116 valence electrons. The van der Waals surface area contributed by atoms with Gasteiger partial charge in [-0.05, 0) is 36.9 Å². The second-order valence-corrected chi connectivity index (χ2v) is 6.44. The summed E-state index contributed by atoms with van der Waals surface area (Å²) in [6.45, 7) is 0. The van der Waals surface area contributed by atoms with E-state index >= 15 is 0 Å². The van der Waals surface area contributed by atoms with Crippen molar-refractivity contribution in [1.82, 2.24) is 4.72 Å². The molecule has 0 atom stereocenters. The molecule has 2 rings (SSSR count). The van der Waals surface area contributed by atoms with Crippen molar-refractivity contribution in [1.29, 1.82) is 0 Å². The molecule has 0 aliphatic rings. The molecular formula is C15H15FN2O3S. The van der Waals surface area contributed by atoms with Crippen LogP contribution < -0.4 is 10.0 Å². The molecule has 0 radical (unpaired) electrons. The first kappa shape index (κ1) is 16.1. The lowest BCUT2D eigenvalue weighted by atomic mass is 10.1. The molecule has 0 heterocycles. The number of sulfonamides is 1. The van der Waals surface area contributed by atoms with Crippen LogP contribution in [0.3, 0.4) is 0 Å². The summed E-state index contributed by atoms with van der Waals surface area (Å²) in [5.74, 6) is -0.881. The van der Waals surface area contributed by atoms with E-state index in [0.717, 1.165) is 0 Å². The molecule has 1 amide bonds. The van der Waals surface area contributed by atoms with E-state index in [-0.39, 0.29) is 16.9 Å². The van der Waals surface area contributed by atoms with Gasteiger partial charge in [-0.1, -0.05) is 24.3 Å². The van der Waals surface area contributed by atoms with Gasteiger partial charge in [0.15, 0.2) is 0 Å². The van der Waals surface area contributed by atoms with Crippen LogP contribution in [0.25, 0.3) is 0 Å². The third-order valence-corrected chi connectivity index (χ3v) is 4.42. The number of anilines is 1. The summed E-state index contributed by atoms with van der Waals surface area (Å²) in [5.41, 5.74) is 0.608. The van der Waals surface area contributed by atoms with Crippen LogP contribution in [0.5, 0.6) is 0 Å². The summed E-state index contributed by atoms with van der Waals surface area (Å²) in [6, 6.07) is 11.8. The van der Waals surface area contributed by atoms with E-state index in [2.05, 4.69) is 10.0 Å². The van der Waals surface area contributed by atoms with Crippen LogP contribution in [-0.2, 0) is 21.2 Å². The van der Waals surface area contributed by atoms with Crippen LogP contribution in [0, 0.1) is 5.82 Å². The minimum atomic E-state index is -3.58. The summed E-state index contributed by atoms with van der Waals surface area (Å²) in [7, 11) is -2.28. The zero-order chi connectivity index (χ0) is 16.2. The minimum absolute atomic E-state index is 0.0405. The Morgan fingerprint density at radius 3 is 2.55 bits per heavy atom. The lowest BCUT2D eigenvalue weighted by Gasteiger charge is -2.08. The van der Waals surface area contributed by atoms with Gasteiger partial charge in [-0.15, -0.1) is 0 Å². The molecule has 0 aliphatic heterocycles. The van der Waals surface area contributed by atoms with E-state index in [0.29, 0.717) is 5.69 Å². The van der Waals surface area contributed by atoms with Crippen molar-refractivity contribution in [2.24, 2.45) is 0 Å². The molecule has 0 spiro atoms. The van der Waals surface area contributed by atoms with Crippen LogP contribution in [0.4, 0.5) is 10.1 Å². The molecule has 22 heavy (non-hydrogen) atoms. The first-order chi connectivity index (χ1) is 10.4. The normalized spacial score (nSPS) is 11.2. The van der Waals surface area contributed by atoms with E-state index in [4.69, 9.17) is 0 Å². The van der Waals surface area contributed by atoms with Crippen molar-refractivity contribution < 1.29 is 17.6 Å². The van der Waals surface area contributed by atoms with Crippen LogP contribution in [-0.4, -0.2) is 21.4 Å².